The molecule has 1 amide bonds. The number of carbonyl (C=O) groups is 1. The number of nitrogens with zero attached hydrogens (tertiary/aromatic N) is 2. The number of hydrogen-bond donors (Lipinski definition) is 1. The van der Waals surface area contributed by atoms with E-state index in [4.69, 9.17) is 0 Å². The number of benzene rings is 1. The maximum Gasteiger partial charge on any atom is 0.286 e. The highest BCUT2D eigenvalue weighted by atomic mass is 32.2. The lowest BCUT2D eigenvalue weighted by Gasteiger charge is -2.19. The number of amides is 1. The molecule has 22 heavy (non-hydrogen) atoms. The number of anilines is 1. The van der Waals surface area contributed by atoms with Gasteiger partial charge in [0.05, 0.1) is 11.4 Å². The molecule has 1 aromatic carbocycles. The number of sulfonamides is 1. The molecular formula is C13H14FN3O3S2. The largest absolute Gasteiger partial charge is 0.342 e. The normalized spacial score (nSPS) is 19.3. The lowest BCUT2D eigenvalue weighted by atomic mass is 10.3. The first-order valence-corrected chi connectivity index (χ1v) is 9.20. The summed E-state index contributed by atoms with van der Waals surface area (Å²) in [6.07, 6.45) is 2.01. The number of likely N-dealkylation sites (tertiary alicyclic amines) is 1. The molecule has 1 saturated heterocycles. The van der Waals surface area contributed by atoms with Crippen molar-refractivity contribution in [2.45, 2.75) is 17.7 Å². The zero-order chi connectivity index (χ0) is 15.7. The fourth-order valence-electron chi connectivity index (χ4n) is 2.36. The third-order valence-electron chi connectivity index (χ3n) is 3.46. The van der Waals surface area contributed by atoms with Crippen LogP contribution >= 0.6 is 11.8 Å². The molecular weight excluding hydrogens is 329 g/mol. The predicted octanol–water partition coefficient (Wildman–Crippen LogP) is 1.65. The third-order valence-corrected chi connectivity index (χ3v) is 5.75. The van der Waals surface area contributed by atoms with Crippen molar-refractivity contribution in [2.24, 2.45) is 4.40 Å². The van der Waals surface area contributed by atoms with E-state index in [2.05, 4.69) is 9.71 Å². The fourth-order valence-corrected chi connectivity index (χ4v) is 4.51. The van der Waals surface area contributed by atoms with E-state index in [1.54, 1.807) is 4.90 Å². The number of rotatable bonds is 2. The SMILES string of the molecule is O=C(CSC1=NS(=O)(=O)c2cc(F)ccc2N1)N1CCCC1. The molecule has 0 radical (unpaired) electrons. The van der Waals surface area contributed by atoms with Gasteiger partial charge in [-0.2, -0.15) is 8.42 Å². The lowest BCUT2D eigenvalue weighted by molar-refractivity contribution is -0.127. The van der Waals surface area contributed by atoms with E-state index in [-0.39, 0.29) is 27.4 Å². The van der Waals surface area contributed by atoms with Crippen molar-refractivity contribution in [3.63, 3.8) is 0 Å². The van der Waals surface area contributed by atoms with Gasteiger partial charge in [-0.15, -0.1) is 4.40 Å². The Morgan fingerprint density at radius 2 is 2.09 bits per heavy atom. The average Bonchev–Trinajstić information content (AvgIpc) is 2.99. The van der Waals surface area contributed by atoms with E-state index in [0.717, 1.165) is 43.8 Å². The Balaban J connectivity index is 1.72. The molecule has 0 spiro atoms. The number of thioether (sulfide) groups is 1. The number of hydrogen-bond acceptors (Lipinski definition) is 5. The van der Waals surface area contributed by atoms with Gasteiger partial charge < -0.3 is 10.2 Å². The topological polar surface area (TPSA) is 78.8 Å². The summed E-state index contributed by atoms with van der Waals surface area (Å²) in [6, 6.07) is 3.45. The predicted molar refractivity (Wildman–Crippen MR) is 82.9 cm³/mol. The van der Waals surface area contributed by atoms with Crippen molar-refractivity contribution in [3.8, 4) is 0 Å². The summed E-state index contributed by atoms with van der Waals surface area (Å²) in [6.45, 7) is 1.50. The minimum absolute atomic E-state index is 0.0331. The number of nitrogens with one attached hydrogen (secondary N) is 1. The molecule has 0 unspecified atom stereocenters. The van der Waals surface area contributed by atoms with E-state index in [9.17, 15) is 17.6 Å². The van der Waals surface area contributed by atoms with E-state index in [1.807, 2.05) is 0 Å². The molecule has 9 heteroatoms. The van der Waals surface area contributed by atoms with Crippen LogP contribution in [0, 0.1) is 5.82 Å². The summed E-state index contributed by atoms with van der Waals surface area (Å²) in [5.74, 6) is -0.549. The molecule has 1 aromatic rings. The van der Waals surface area contributed by atoms with Crippen LogP contribution in [-0.4, -0.2) is 43.2 Å². The van der Waals surface area contributed by atoms with E-state index in [0.29, 0.717) is 0 Å². The van der Waals surface area contributed by atoms with Crippen LogP contribution in [0.2, 0.25) is 0 Å². The second kappa shape index (κ2) is 5.88. The van der Waals surface area contributed by atoms with Crippen LogP contribution in [-0.2, 0) is 14.8 Å². The Hall–Kier alpha value is -1.61. The van der Waals surface area contributed by atoms with E-state index >= 15 is 0 Å². The molecule has 118 valence electrons. The van der Waals surface area contributed by atoms with Gasteiger partial charge in [0.1, 0.15) is 10.7 Å². The monoisotopic (exact) mass is 343 g/mol. The molecule has 2 heterocycles. The van der Waals surface area contributed by atoms with Crippen LogP contribution in [0.15, 0.2) is 27.5 Å². The van der Waals surface area contributed by atoms with Crippen LogP contribution < -0.4 is 5.32 Å². The minimum atomic E-state index is -3.94. The molecule has 0 saturated carbocycles. The number of fused-ring (bicyclic) bond motifs is 1. The molecule has 0 aromatic heterocycles. The fraction of sp³-hybridized carbons (Fsp3) is 0.385. The third kappa shape index (κ3) is 3.09. The zero-order valence-electron chi connectivity index (χ0n) is 11.6. The molecule has 2 aliphatic rings. The summed E-state index contributed by atoms with van der Waals surface area (Å²) >= 11 is 1.04. The van der Waals surface area contributed by atoms with Crippen LogP contribution in [0.5, 0.6) is 0 Å². The van der Waals surface area contributed by atoms with Gasteiger partial charge in [0.2, 0.25) is 5.91 Å². The van der Waals surface area contributed by atoms with Crippen molar-refractivity contribution < 1.29 is 17.6 Å². The zero-order valence-corrected chi connectivity index (χ0v) is 13.2. The van der Waals surface area contributed by atoms with Crippen molar-refractivity contribution >= 4 is 38.5 Å². The Kier molecular flexibility index (Phi) is 4.09. The summed E-state index contributed by atoms with van der Waals surface area (Å²) in [7, 11) is -3.94. The van der Waals surface area contributed by atoms with E-state index < -0.39 is 15.8 Å². The maximum atomic E-state index is 13.2. The summed E-state index contributed by atoms with van der Waals surface area (Å²) in [5.41, 5.74) is 0.271. The first kappa shape index (κ1) is 15.3. The first-order chi connectivity index (χ1) is 10.5. The molecule has 3 rings (SSSR count). The van der Waals surface area contributed by atoms with Gasteiger partial charge in [0.25, 0.3) is 10.0 Å². The molecule has 1 N–H and O–H groups in total. The Morgan fingerprint density at radius 1 is 1.36 bits per heavy atom. The number of halogens is 1. The Labute approximate surface area is 131 Å². The van der Waals surface area contributed by atoms with Gasteiger partial charge in [-0.1, -0.05) is 11.8 Å². The summed E-state index contributed by atoms with van der Waals surface area (Å²) in [4.78, 5) is 13.5. The van der Waals surface area contributed by atoms with Crippen molar-refractivity contribution in [2.75, 3.05) is 24.2 Å². The van der Waals surface area contributed by atoms with E-state index in [1.165, 1.54) is 12.1 Å². The van der Waals surface area contributed by atoms with Crippen LogP contribution in [0.1, 0.15) is 12.8 Å². The molecule has 0 bridgehead atoms. The Morgan fingerprint density at radius 3 is 2.82 bits per heavy atom. The highest BCUT2D eigenvalue weighted by Crippen LogP contribution is 2.30. The Bertz CT molecular complexity index is 743. The second-order valence-corrected chi connectivity index (χ2v) is 7.55. The van der Waals surface area contributed by atoms with Crippen LogP contribution in [0.4, 0.5) is 10.1 Å². The van der Waals surface area contributed by atoms with Gasteiger partial charge in [0, 0.05) is 13.1 Å². The molecule has 6 nitrogen and oxygen atoms in total. The van der Waals surface area contributed by atoms with Crippen molar-refractivity contribution in [1.29, 1.82) is 0 Å². The van der Waals surface area contributed by atoms with Gasteiger partial charge in [-0.05, 0) is 31.0 Å². The number of amidine groups is 1. The highest BCUT2D eigenvalue weighted by molar-refractivity contribution is 8.15. The number of carbonyl (C=O) groups excluding carboxylic acids is 1. The minimum Gasteiger partial charge on any atom is -0.342 e. The van der Waals surface area contributed by atoms with Gasteiger partial charge >= 0.3 is 0 Å². The van der Waals surface area contributed by atoms with Crippen molar-refractivity contribution in [1.82, 2.24) is 4.90 Å². The summed E-state index contributed by atoms with van der Waals surface area (Å²) < 4.78 is 40.8. The highest BCUT2D eigenvalue weighted by Gasteiger charge is 2.26. The maximum absolute atomic E-state index is 13.2. The molecule has 0 atom stereocenters. The van der Waals surface area contributed by atoms with Crippen molar-refractivity contribution in [3.05, 3.63) is 24.0 Å². The lowest BCUT2D eigenvalue weighted by Crippen LogP contribution is -2.30. The van der Waals surface area contributed by atoms with Gasteiger partial charge in [-0.3, -0.25) is 4.79 Å². The standard InChI is InChI=1S/C13H14FN3O3S2/c14-9-3-4-10-11(7-9)22(19,20)16-13(15-10)21-8-12(18)17-5-1-2-6-17/h3-4,7H,1-2,5-6,8H2,(H,15,16). The molecule has 0 aliphatic carbocycles. The average molecular weight is 343 g/mol. The van der Waals surface area contributed by atoms with Crippen LogP contribution in [0.25, 0.3) is 0 Å². The first-order valence-electron chi connectivity index (χ1n) is 6.78. The van der Waals surface area contributed by atoms with Crippen LogP contribution in [0.3, 0.4) is 0 Å². The smallest absolute Gasteiger partial charge is 0.286 e. The van der Waals surface area contributed by atoms with Gasteiger partial charge in [-0.25, -0.2) is 4.39 Å². The second-order valence-electron chi connectivity index (χ2n) is 5.01. The van der Waals surface area contributed by atoms with Gasteiger partial charge in [0.15, 0.2) is 5.17 Å². The molecule has 1 fully saturated rings. The molecule has 2 aliphatic heterocycles. The quantitative estimate of drug-likeness (QED) is 0.883. The summed E-state index contributed by atoms with van der Waals surface area (Å²) in [5, 5.41) is 2.95.